The monoisotopic (exact) mass is 848 g/mol. The lowest BCUT2D eigenvalue weighted by molar-refractivity contribution is -0.146. The van der Waals surface area contributed by atoms with E-state index in [1.165, 1.54) is 16.8 Å². The molecule has 2 saturated heterocycles. The summed E-state index contributed by atoms with van der Waals surface area (Å²) in [5, 5.41) is 12.6. The Hall–Kier alpha value is -4.53. The number of carbonyl (C=O) groups is 5. The molecule has 0 spiro atoms. The van der Waals surface area contributed by atoms with Crippen molar-refractivity contribution in [2.75, 3.05) is 43.5 Å². The molecule has 3 aliphatic heterocycles. The Morgan fingerprint density at radius 2 is 1.62 bits per heavy atom. The fourth-order valence-electron chi connectivity index (χ4n) is 7.73. The van der Waals surface area contributed by atoms with Gasteiger partial charge in [-0.1, -0.05) is 39.0 Å². The van der Waals surface area contributed by atoms with Crippen molar-refractivity contribution in [1.82, 2.24) is 36.1 Å². The van der Waals surface area contributed by atoms with E-state index in [2.05, 4.69) is 56.3 Å². The van der Waals surface area contributed by atoms with Gasteiger partial charge in [-0.25, -0.2) is 9.78 Å². The first-order valence-corrected chi connectivity index (χ1v) is 22.3. The Labute approximate surface area is 361 Å². The second-order valence-corrected chi connectivity index (χ2v) is 20.6. The van der Waals surface area contributed by atoms with Crippen molar-refractivity contribution in [2.45, 2.75) is 132 Å². The highest BCUT2D eigenvalue weighted by atomic mass is 32.2. The van der Waals surface area contributed by atoms with Crippen molar-refractivity contribution < 1.29 is 28.7 Å². The van der Waals surface area contributed by atoms with Gasteiger partial charge in [0.1, 0.15) is 23.5 Å². The molecule has 4 unspecified atom stereocenters. The molecule has 14 nitrogen and oxygen atoms in total. The third kappa shape index (κ3) is 10.9. The van der Waals surface area contributed by atoms with Crippen molar-refractivity contribution in [3.8, 4) is 0 Å². The third-order valence-electron chi connectivity index (χ3n) is 12.3. The minimum Gasteiger partial charge on any atom is -0.444 e. The predicted molar refractivity (Wildman–Crippen MR) is 237 cm³/mol. The first kappa shape index (κ1) is 46.5. The third-order valence-corrected chi connectivity index (χ3v) is 13.5. The molecule has 0 aromatic carbocycles. The maximum Gasteiger partial charge on any atom is 0.410 e. The Morgan fingerprint density at radius 3 is 2.17 bits per heavy atom. The smallest absolute Gasteiger partial charge is 0.410 e. The summed E-state index contributed by atoms with van der Waals surface area (Å²) in [7, 11) is 0. The van der Waals surface area contributed by atoms with Crippen molar-refractivity contribution in [2.24, 2.45) is 16.7 Å². The van der Waals surface area contributed by atoms with E-state index in [0.717, 1.165) is 17.9 Å². The number of aromatic nitrogens is 1. The van der Waals surface area contributed by atoms with E-state index in [1.807, 2.05) is 60.2 Å². The number of anilines is 1. The molecular weight excluding hydrogens is 781 g/mol. The summed E-state index contributed by atoms with van der Waals surface area (Å²) in [4.78, 5) is 79.8. The predicted octanol–water partition coefficient (Wildman–Crippen LogP) is 5.73. The summed E-state index contributed by atoms with van der Waals surface area (Å²) in [6.07, 6.45) is 9.76. The average molecular weight is 849 g/mol. The normalized spacial score (nSPS) is 21.2. The van der Waals surface area contributed by atoms with Gasteiger partial charge < -0.3 is 40.7 Å². The Kier molecular flexibility index (Phi) is 14.1. The van der Waals surface area contributed by atoms with Crippen LogP contribution in [0.4, 0.5) is 10.6 Å². The quantitative estimate of drug-likeness (QED) is 0.216. The van der Waals surface area contributed by atoms with E-state index >= 15 is 0 Å². The summed E-state index contributed by atoms with van der Waals surface area (Å²) in [6.45, 7) is 24.9. The van der Waals surface area contributed by atoms with Gasteiger partial charge in [0, 0.05) is 61.0 Å². The standard InChI is InChI=1S/C45H68N8O6S/c1-28(30-15-17-31(18-16-30)35-29(2)47-27-60-35)48-38(55)33-14-13-21-53(33)39(56)36(42(3,4)5)49-40(57)44(9,10)45(11,12)50-37(54)32-19-20-34(46-26-32)51-22-24-52(25-23-51)41(58)59-43(6,7)8/h15-17,19-20,26,28,31,33,36,47H,13-14,18,21-25,27H2,1-12H3,(H,48,55)(H,49,57)(H,50,54). The summed E-state index contributed by atoms with van der Waals surface area (Å²) >= 11 is 1.84. The van der Waals surface area contributed by atoms with Crippen LogP contribution in [0.3, 0.4) is 0 Å². The number of hydrogen-bond donors (Lipinski definition) is 4. The topological polar surface area (TPSA) is 165 Å². The largest absolute Gasteiger partial charge is 0.444 e. The molecule has 0 radical (unpaired) electrons. The number of ether oxygens (including phenoxy) is 1. The summed E-state index contributed by atoms with van der Waals surface area (Å²) in [6, 6.07) is 1.68. The van der Waals surface area contributed by atoms with Crippen LogP contribution in [0.5, 0.6) is 0 Å². The van der Waals surface area contributed by atoms with Gasteiger partial charge in [0.15, 0.2) is 0 Å². The van der Waals surface area contributed by atoms with E-state index in [9.17, 15) is 24.0 Å². The number of nitrogens with one attached hydrogen (secondary N) is 4. The number of carbonyl (C=O) groups excluding carboxylic acids is 5. The highest BCUT2D eigenvalue weighted by Gasteiger charge is 2.48. The minimum atomic E-state index is -1.17. The zero-order valence-electron chi connectivity index (χ0n) is 37.8. The molecule has 4 aliphatic rings. The fraction of sp³-hybridized carbons (Fsp3) is 0.644. The van der Waals surface area contributed by atoms with Gasteiger partial charge in [-0.3, -0.25) is 19.2 Å². The molecule has 4 N–H and O–H groups in total. The second kappa shape index (κ2) is 18.2. The zero-order valence-corrected chi connectivity index (χ0v) is 38.6. The van der Waals surface area contributed by atoms with Gasteiger partial charge in [0.25, 0.3) is 5.91 Å². The van der Waals surface area contributed by atoms with E-state index in [0.29, 0.717) is 62.9 Å². The van der Waals surface area contributed by atoms with Crippen LogP contribution in [0.15, 0.2) is 52.7 Å². The Balaban J connectivity index is 1.17. The number of allylic oxidation sites excluding steroid dienone is 4. The Morgan fingerprint density at radius 1 is 0.933 bits per heavy atom. The molecule has 1 aromatic heterocycles. The van der Waals surface area contributed by atoms with Crippen molar-refractivity contribution >= 4 is 47.3 Å². The van der Waals surface area contributed by atoms with Crippen LogP contribution >= 0.6 is 11.8 Å². The maximum absolute atomic E-state index is 14.4. The van der Waals surface area contributed by atoms with Crippen LogP contribution in [-0.4, -0.2) is 112 Å². The number of thioether (sulfide) groups is 1. The maximum atomic E-state index is 14.4. The number of piperazine rings is 1. The summed E-state index contributed by atoms with van der Waals surface area (Å²) in [5.74, 6) is 0.620. The molecule has 330 valence electrons. The number of nitrogens with zero attached hydrogens (tertiary/aromatic N) is 4. The van der Waals surface area contributed by atoms with Gasteiger partial charge in [-0.15, -0.1) is 11.8 Å². The molecule has 5 rings (SSSR count). The molecule has 1 aliphatic carbocycles. The molecule has 2 fully saturated rings. The van der Waals surface area contributed by atoms with Crippen LogP contribution in [0, 0.1) is 16.7 Å². The SMILES string of the molecule is CC1=C(C2C=CC(C(C)NC(=O)C3CCCN3C(=O)C(NC(=O)C(C)(C)C(C)(C)NC(=O)c3ccc(N4CCN(C(=O)OC(C)(C)C)CC4)nc3)C(C)(C)C)=CC2)SCN1. The highest BCUT2D eigenvalue weighted by Crippen LogP contribution is 2.37. The van der Waals surface area contributed by atoms with Gasteiger partial charge in [-0.05, 0) is 105 Å². The summed E-state index contributed by atoms with van der Waals surface area (Å²) in [5.41, 5.74) is -0.880. The fourth-order valence-corrected chi connectivity index (χ4v) is 8.85. The van der Waals surface area contributed by atoms with Crippen molar-refractivity contribution in [3.63, 3.8) is 0 Å². The lowest BCUT2D eigenvalue weighted by Crippen LogP contribution is -2.64. The van der Waals surface area contributed by atoms with Crippen LogP contribution in [-0.2, 0) is 19.1 Å². The van der Waals surface area contributed by atoms with E-state index in [1.54, 1.807) is 49.6 Å². The van der Waals surface area contributed by atoms with Gasteiger partial charge in [0.05, 0.1) is 22.9 Å². The molecular formula is C45H68N8O6S. The number of hydrogen-bond acceptors (Lipinski definition) is 10. The molecule has 60 heavy (non-hydrogen) atoms. The van der Waals surface area contributed by atoms with Crippen LogP contribution < -0.4 is 26.2 Å². The van der Waals surface area contributed by atoms with Gasteiger partial charge in [0.2, 0.25) is 17.7 Å². The molecule has 4 atom stereocenters. The van der Waals surface area contributed by atoms with Gasteiger partial charge >= 0.3 is 6.09 Å². The van der Waals surface area contributed by atoms with Crippen LogP contribution in [0.1, 0.15) is 113 Å². The average Bonchev–Trinajstić information content (AvgIpc) is 3.85. The number of likely N-dealkylation sites (tertiary alicyclic amines) is 1. The minimum absolute atomic E-state index is 0.203. The van der Waals surface area contributed by atoms with E-state index in [4.69, 9.17) is 4.74 Å². The molecule has 1 aromatic rings. The second-order valence-electron chi connectivity index (χ2n) is 19.6. The lowest BCUT2D eigenvalue weighted by Gasteiger charge is -2.43. The molecule has 15 heteroatoms. The Bertz CT molecular complexity index is 1880. The first-order chi connectivity index (χ1) is 27.9. The zero-order chi connectivity index (χ0) is 44.4. The summed E-state index contributed by atoms with van der Waals surface area (Å²) < 4.78 is 5.50. The van der Waals surface area contributed by atoms with E-state index < -0.39 is 45.9 Å². The molecule has 5 amide bonds. The molecule has 0 bridgehead atoms. The van der Waals surface area contributed by atoms with Gasteiger partial charge in [-0.2, -0.15) is 0 Å². The molecule has 0 saturated carbocycles. The highest BCUT2D eigenvalue weighted by molar-refractivity contribution is 8.03. The van der Waals surface area contributed by atoms with Crippen molar-refractivity contribution in [3.05, 3.63) is 58.3 Å². The van der Waals surface area contributed by atoms with Crippen LogP contribution in [0.2, 0.25) is 0 Å². The first-order valence-electron chi connectivity index (χ1n) is 21.3. The lowest BCUT2D eigenvalue weighted by atomic mass is 9.72. The van der Waals surface area contributed by atoms with Crippen LogP contribution in [0.25, 0.3) is 0 Å². The number of pyridine rings is 1. The van der Waals surface area contributed by atoms with Crippen molar-refractivity contribution in [1.29, 1.82) is 0 Å². The number of amides is 5. The van der Waals surface area contributed by atoms with E-state index in [-0.39, 0.29) is 23.9 Å². The number of rotatable bonds is 11. The molecule has 4 heterocycles.